The molecule has 0 aromatic heterocycles. The van der Waals surface area contributed by atoms with Gasteiger partial charge in [-0.1, -0.05) is 0 Å². The van der Waals surface area contributed by atoms with E-state index in [1.165, 1.54) is 57.4 Å². The molecule has 35 heavy (non-hydrogen) atoms. The van der Waals surface area contributed by atoms with Gasteiger partial charge in [0.1, 0.15) is 0 Å². The number of unbranched alkanes of at least 4 members (excludes halogenated alkanes) is 3. The molecule has 0 aliphatic carbocycles. The topological polar surface area (TPSA) is 27.7 Å². The van der Waals surface area contributed by atoms with Crippen molar-refractivity contribution < 1.29 is 14.2 Å². The van der Waals surface area contributed by atoms with Crippen molar-refractivity contribution in [3.05, 3.63) is 65.7 Å². The van der Waals surface area contributed by atoms with Crippen LogP contribution in [0.25, 0.3) is 0 Å². The van der Waals surface area contributed by atoms with Crippen molar-refractivity contribution in [3.8, 4) is 5.75 Å². The number of rotatable bonds is 19. The Hall–Kier alpha value is -1.04. The number of hydrogen-bond acceptors (Lipinski definition) is 3. The fourth-order valence-electron chi connectivity index (χ4n) is 5.43. The molecule has 0 radical (unpaired) electrons. The van der Waals surface area contributed by atoms with E-state index in [0.717, 1.165) is 17.7 Å². The quantitative estimate of drug-likeness (QED) is 0.0932. The monoisotopic (exact) mass is 590 g/mol. The first-order valence-corrected chi connectivity index (χ1v) is 21.6. The summed E-state index contributed by atoms with van der Waals surface area (Å²) in [6.45, 7) is 10.4. The van der Waals surface area contributed by atoms with Gasteiger partial charge in [-0.15, -0.1) is 0 Å². The summed E-state index contributed by atoms with van der Waals surface area (Å²) in [6, 6.07) is 19.1. The standard InChI is InChI=1S/C19H23O3.3C4H9.Sn/c1-16(12-17-6-4-3-5-7-17)13-21-15-22-14-18-8-10-19(20-2)11-9-18;3*1-3-4-2;/h3-11,13,16H,12,14-15H2,1-2H3;3*1,3-4H2,2H3;/t16-;;;;/m1..../s1. The van der Waals surface area contributed by atoms with Crippen molar-refractivity contribution in [2.45, 2.75) is 96.7 Å². The molecule has 196 valence electrons. The van der Waals surface area contributed by atoms with Crippen LogP contribution < -0.4 is 4.74 Å². The molecule has 0 aliphatic heterocycles. The van der Waals surface area contributed by atoms with Crippen molar-refractivity contribution >= 4 is 18.4 Å². The second kappa shape index (κ2) is 17.4. The Labute approximate surface area is 219 Å². The second-order valence-electron chi connectivity index (χ2n) is 10.2. The molecule has 0 fully saturated rings. The Balaban J connectivity index is 2.19. The summed E-state index contributed by atoms with van der Waals surface area (Å²) in [4.78, 5) is 0. The molecule has 0 aliphatic rings. The fraction of sp³-hybridized carbons (Fsp3) is 0.613. The van der Waals surface area contributed by atoms with E-state index in [1.54, 1.807) is 7.11 Å². The maximum atomic E-state index is 6.85. The molecular formula is C31H50O3Sn. The zero-order valence-corrected chi connectivity index (χ0v) is 25.9. The van der Waals surface area contributed by atoms with Crippen LogP contribution in [0.4, 0.5) is 0 Å². The third-order valence-electron chi connectivity index (χ3n) is 7.36. The molecule has 0 saturated heterocycles. The average Bonchev–Trinajstić information content (AvgIpc) is 2.89. The van der Waals surface area contributed by atoms with Crippen LogP contribution in [-0.2, 0) is 22.5 Å². The number of benzene rings is 2. The Kier molecular flexibility index (Phi) is 15.0. The Morgan fingerprint density at radius 1 is 0.743 bits per heavy atom. The van der Waals surface area contributed by atoms with Gasteiger partial charge in [-0.05, 0) is 0 Å². The third kappa shape index (κ3) is 10.5. The Morgan fingerprint density at radius 3 is 1.83 bits per heavy atom. The van der Waals surface area contributed by atoms with Gasteiger partial charge in [-0.25, -0.2) is 0 Å². The second-order valence-corrected chi connectivity index (χ2v) is 23.9. The van der Waals surface area contributed by atoms with Gasteiger partial charge in [-0.2, -0.15) is 0 Å². The van der Waals surface area contributed by atoms with Crippen LogP contribution in [0.3, 0.4) is 0 Å². The minimum atomic E-state index is -2.62. The first-order valence-electron chi connectivity index (χ1n) is 13.9. The molecule has 3 nitrogen and oxygen atoms in total. The van der Waals surface area contributed by atoms with Crippen LogP contribution in [0, 0.1) is 5.92 Å². The van der Waals surface area contributed by atoms with Gasteiger partial charge in [0, 0.05) is 0 Å². The van der Waals surface area contributed by atoms with Gasteiger partial charge in [0.2, 0.25) is 0 Å². The molecule has 2 atom stereocenters. The van der Waals surface area contributed by atoms with Crippen molar-refractivity contribution in [1.29, 1.82) is 0 Å². The molecular weight excluding hydrogens is 539 g/mol. The summed E-state index contributed by atoms with van der Waals surface area (Å²) in [5, 5.41) is 0. The van der Waals surface area contributed by atoms with Crippen molar-refractivity contribution in [1.82, 2.24) is 0 Å². The molecule has 0 bridgehead atoms. The van der Waals surface area contributed by atoms with Crippen LogP contribution in [0.2, 0.25) is 13.3 Å². The van der Waals surface area contributed by atoms with Crippen LogP contribution in [0.15, 0.2) is 54.6 Å². The van der Waals surface area contributed by atoms with Gasteiger partial charge >= 0.3 is 221 Å². The SMILES string of the molecule is CCC[CH2][Sn]([CH2]CCC)([CH2]CCC)[C@H](OCOCc1ccc(OC)cc1)[C@H](C)Cc1ccccc1. The van der Waals surface area contributed by atoms with E-state index in [9.17, 15) is 0 Å². The third-order valence-corrected chi connectivity index (χ3v) is 24.5. The summed E-state index contributed by atoms with van der Waals surface area (Å²) in [7, 11) is 1.70. The normalized spacial score (nSPS) is 13.5. The van der Waals surface area contributed by atoms with Crippen LogP contribution >= 0.6 is 0 Å². The first-order chi connectivity index (χ1) is 17.1. The number of methoxy groups -OCH3 is 1. The fourth-order valence-corrected chi connectivity index (χ4v) is 24.0. The average molecular weight is 589 g/mol. The van der Waals surface area contributed by atoms with Gasteiger partial charge in [-0.3, -0.25) is 0 Å². The molecule has 2 aromatic carbocycles. The summed E-state index contributed by atoms with van der Waals surface area (Å²) >= 11 is -2.62. The minimum absolute atomic E-state index is 0.388. The summed E-state index contributed by atoms with van der Waals surface area (Å²) < 4.78 is 23.0. The summed E-state index contributed by atoms with van der Waals surface area (Å²) in [6.07, 6.45) is 9.00. The van der Waals surface area contributed by atoms with Crippen LogP contribution in [0.5, 0.6) is 5.75 Å². The Bertz CT molecular complexity index is 756. The zero-order chi connectivity index (χ0) is 25.4. The predicted molar refractivity (Wildman–Crippen MR) is 152 cm³/mol. The Morgan fingerprint density at radius 2 is 1.31 bits per heavy atom. The molecule has 0 saturated carbocycles. The summed E-state index contributed by atoms with van der Waals surface area (Å²) in [5.41, 5.74) is 2.58. The van der Waals surface area contributed by atoms with Crippen LogP contribution in [0.1, 0.15) is 77.3 Å². The van der Waals surface area contributed by atoms with Gasteiger partial charge in [0.05, 0.1) is 0 Å². The molecule has 0 N–H and O–H groups in total. The van der Waals surface area contributed by atoms with E-state index >= 15 is 0 Å². The van der Waals surface area contributed by atoms with Crippen molar-refractivity contribution in [2.24, 2.45) is 5.92 Å². The van der Waals surface area contributed by atoms with Crippen molar-refractivity contribution in [3.63, 3.8) is 0 Å². The van der Waals surface area contributed by atoms with Crippen molar-refractivity contribution in [2.75, 3.05) is 13.9 Å². The predicted octanol–water partition coefficient (Wildman–Crippen LogP) is 8.82. The molecule has 4 heteroatoms. The first kappa shape index (κ1) is 30.2. The zero-order valence-electron chi connectivity index (χ0n) is 23.1. The van der Waals surface area contributed by atoms with E-state index in [4.69, 9.17) is 14.2 Å². The van der Waals surface area contributed by atoms with E-state index < -0.39 is 18.4 Å². The van der Waals surface area contributed by atoms with E-state index in [-0.39, 0.29) is 0 Å². The van der Waals surface area contributed by atoms with E-state index in [1.807, 2.05) is 12.1 Å². The van der Waals surface area contributed by atoms with E-state index in [0.29, 0.717) is 23.4 Å². The van der Waals surface area contributed by atoms with Gasteiger partial charge in [0.25, 0.3) is 0 Å². The molecule has 0 heterocycles. The van der Waals surface area contributed by atoms with E-state index in [2.05, 4.69) is 70.2 Å². The maximum absolute atomic E-state index is 6.85. The van der Waals surface area contributed by atoms with Gasteiger partial charge in [0.15, 0.2) is 0 Å². The molecule has 0 spiro atoms. The van der Waals surface area contributed by atoms with Crippen LogP contribution in [-0.4, -0.2) is 36.4 Å². The summed E-state index contributed by atoms with van der Waals surface area (Å²) in [5.74, 6) is 1.39. The molecule has 2 aromatic rings. The number of ether oxygens (including phenoxy) is 3. The molecule has 2 rings (SSSR count). The number of hydrogen-bond donors (Lipinski definition) is 0. The molecule has 0 amide bonds. The molecule has 0 unspecified atom stereocenters. The van der Waals surface area contributed by atoms with Gasteiger partial charge < -0.3 is 0 Å².